The molecule has 0 fully saturated rings. The number of halogens is 3. The lowest BCUT2D eigenvalue weighted by Crippen LogP contribution is -2.48. The van der Waals surface area contributed by atoms with Crippen molar-refractivity contribution in [1.29, 1.82) is 0 Å². The van der Waals surface area contributed by atoms with E-state index in [-0.39, 0.29) is 24.2 Å². The van der Waals surface area contributed by atoms with E-state index in [4.69, 9.17) is 4.74 Å². The lowest BCUT2D eigenvalue weighted by Gasteiger charge is -2.35. The van der Waals surface area contributed by atoms with Crippen molar-refractivity contribution in [2.75, 3.05) is 23.8 Å². The molecule has 2 aromatic carbocycles. The van der Waals surface area contributed by atoms with E-state index in [1.54, 1.807) is 19.1 Å². The van der Waals surface area contributed by atoms with Gasteiger partial charge in [0.2, 0.25) is 0 Å². The first kappa shape index (κ1) is 28.5. The number of anilines is 2. The fourth-order valence-electron chi connectivity index (χ4n) is 3.99. The van der Waals surface area contributed by atoms with Gasteiger partial charge in [-0.25, -0.2) is 14.4 Å². The molecule has 1 heterocycles. The molecule has 3 N–H and O–H groups in total. The summed E-state index contributed by atoms with van der Waals surface area (Å²) in [6, 6.07) is 8.96. The van der Waals surface area contributed by atoms with Gasteiger partial charge in [-0.1, -0.05) is 45.0 Å². The third-order valence-corrected chi connectivity index (χ3v) is 5.79. The van der Waals surface area contributed by atoms with Crippen LogP contribution in [0, 0.1) is 5.92 Å². The number of para-hydroxylation sites is 1. The van der Waals surface area contributed by atoms with Crippen molar-refractivity contribution in [2.24, 2.45) is 5.92 Å². The molecule has 0 aromatic heterocycles. The molecule has 0 saturated heterocycles. The Morgan fingerprint density at radius 2 is 1.74 bits per heavy atom. The van der Waals surface area contributed by atoms with Crippen LogP contribution in [-0.4, -0.2) is 36.1 Å². The number of nitrogens with zero attached hydrogens (tertiary/aromatic N) is 1. The summed E-state index contributed by atoms with van der Waals surface area (Å²) in [5, 5.41) is 7.56. The molecule has 11 heteroatoms. The maximum absolute atomic E-state index is 13.2. The molecule has 1 atom stereocenters. The highest BCUT2D eigenvalue weighted by atomic mass is 19.4. The number of benzene rings is 2. The molecule has 4 amide bonds. The molecule has 8 nitrogen and oxygen atoms in total. The molecule has 0 unspecified atom stereocenters. The predicted octanol–water partition coefficient (Wildman–Crippen LogP) is 6.30. The van der Waals surface area contributed by atoms with Gasteiger partial charge in [0.25, 0.3) is 0 Å². The van der Waals surface area contributed by atoms with Crippen molar-refractivity contribution in [3.63, 3.8) is 0 Å². The minimum atomic E-state index is -4.62. The van der Waals surface area contributed by atoms with Crippen LogP contribution in [-0.2, 0) is 15.7 Å². The standard InChI is InChI=1S/C27H31F3N4O4/c1-5-14-34-17(4)22(24(35)38-15-16(2)3)23(33-26(34)37)18-10-12-19(13-11-18)31-25(36)32-21-9-7-6-8-20(21)27(28,29)30/h6-13,16,23H,5,14-15H2,1-4H3,(H,33,37)(H2,31,32,36)/t23-/m1/s1. The number of amides is 4. The van der Waals surface area contributed by atoms with Crippen molar-refractivity contribution in [1.82, 2.24) is 10.2 Å². The molecule has 0 saturated carbocycles. The molecule has 3 rings (SSSR count). The largest absolute Gasteiger partial charge is 0.462 e. The first-order valence-corrected chi connectivity index (χ1v) is 12.2. The van der Waals surface area contributed by atoms with E-state index in [0.29, 0.717) is 35.5 Å². The Morgan fingerprint density at radius 3 is 2.34 bits per heavy atom. The zero-order valence-electron chi connectivity index (χ0n) is 21.6. The van der Waals surface area contributed by atoms with E-state index in [1.807, 2.05) is 20.8 Å². The van der Waals surface area contributed by atoms with E-state index in [9.17, 15) is 27.6 Å². The highest BCUT2D eigenvalue weighted by Crippen LogP contribution is 2.35. The summed E-state index contributed by atoms with van der Waals surface area (Å²) in [7, 11) is 0. The van der Waals surface area contributed by atoms with E-state index in [0.717, 1.165) is 12.1 Å². The zero-order valence-corrected chi connectivity index (χ0v) is 21.6. The molecule has 2 aromatic rings. The first-order chi connectivity index (χ1) is 17.9. The highest BCUT2D eigenvalue weighted by molar-refractivity contribution is 6.00. The molecule has 0 spiro atoms. The number of allylic oxidation sites excluding steroid dienone is 1. The minimum absolute atomic E-state index is 0.128. The highest BCUT2D eigenvalue weighted by Gasteiger charge is 2.36. The summed E-state index contributed by atoms with van der Waals surface area (Å²) in [5.74, 6) is -0.407. The number of nitrogens with one attached hydrogen (secondary N) is 3. The van der Waals surface area contributed by atoms with Gasteiger partial charge in [0.1, 0.15) is 0 Å². The van der Waals surface area contributed by atoms with Gasteiger partial charge in [-0.3, -0.25) is 4.90 Å². The molecular weight excluding hydrogens is 501 g/mol. The van der Waals surface area contributed by atoms with E-state index >= 15 is 0 Å². The summed E-state index contributed by atoms with van der Waals surface area (Å²) < 4.78 is 45.1. The Hall–Kier alpha value is -4.02. The number of rotatable bonds is 8. The van der Waals surface area contributed by atoms with Gasteiger partial charge in [-0.15, -0.1) is 0 Å². The van der Waals surface area contributed by atoms with Crippen LogP contribution in [0.3, 0.4) is 0 Å². The number of hydrogen-bond acceptors (Lipinski definition) is 4. The Morgan fingerprint density at radius 1 is 1.08 bits per heavy atom. The average molecular weight is 533 g/mol. The fraction of sp³-hybridized carbons (Fsp3) is 0.370. The third-order valence-electron chi connectivity index (χ3n) is 5.79. The Labute approximate surface area is 219 Å². The van der Waals surface area contributed by atoms with Gasteiger partial charge >= 0.3 is 24.2 Å². The molecule has 0 radical (unpaired) electrons. The number of hydrogen-bond donors (Lipinski definition) is 3. The molecular formula is C27H31F3N4O4. The van der Waals surface area contributed by atoms with Crippen LogP contribution in [0.5, 0.6) is 0 Å². The van der Waals surface area contributed by atoms with Gasteiger partial charge in [-0.05, 0) is 49.1 Å². The van der Waals surface area contributed by atoms with E-state index in [1.165, 1.54) is 29.2 Å². The molecule has 0 aliphatic carbocycles. The summed E-state index contributed by atoms with van der Waals surface area (Å²) in [5.41, 5.74) is 0.338. The monoisotopic (exact) mass is 532 g/mol. The van der Waals surface area contributed by atoms with Gasteiger partial charge in [0.05, 0.1) is 29.5 Å². The van der Waals surface area contributed by atoms with Crippen molar-refractivity contribution in [3.05, 3.63) is 70.9 Å². The second-order valence-electron chi connectivity index (χ2n) is 9.27. The summed E-state index contributed by atoms with van der Waals surface area (Å²) in [6.07, 6.45) is -3.93. The second kappa shape index (κ2) is 12.0. The van der Waals surface area contributed by atoms with Crippen LogP contribution in [0.4, 0.5) is 34.1 Å². The van der Waals surface area contributed by atoms with Gasteiger partial charge in [0, 0.05) is 17.9 Å². The Bertz CT molecular complexity index is 1210. The maximum Gasteiger partial charge on any atom is 0.418 e. The molecule has 1 aliphatic rings. The van der Waals surface area contributed by atoms with Crippen LogP contribution in [0.2, 0.25) is 0 Å². The lowest BCUT2D eigenvalue weighted by atomic mass is 9.94. The normalized spacial score (nSPS) is 15.8. The van der Waals surface area contributed by atoms with Crippen molar-refractivity contribution in [3.8, 4) is 0 Å². The summed E-state index contributed by atoms with van der Waals surface area (Å²) in [6.45, 7) is 8.11. The van der Waals surface area contributed by atoms with Crippen LogP contribution in [0.25, 0.3) is 0 Å². The van der Waals surface area contributed by atoms with Crippen LogP contribution in [0.1, 0.15) is 51.3 Å². The SMILES string of the molecule is CCCN1C(=O)N[C@H](c2ccc(NC(=O)Nc3ccccc3C(F)(F)F)cc2)C(C(=O)OCC(C)C)=C1C. The van der Waals surface area contributed by atoms with Gasteiger partial charge in [-0.2, -0.15) is 13.2 Å². The van der Waals surface area contributed by atoms with Gasteiger partial charge < -0.3 is 20.7 Å². The van der Waals surface area contributed by atoms with Crippen LogP contribution >= 0.6 is 0 Å². The maximum atomic E-state index is 13.2. The number of ether oxygens (including phenoxy) is 1. The Kier molecular flexibility index (Phi) is 9.03. The molecule has 1 aliphatic heterocycles. The fourth-order valence-corrected chi connectivity index (χ4v) is 3.99. The summed E-state index contributed by atoms with van der Waals surface area (Å²) in [4.78, 5) is 39.7. The van der Waals surface area contributed by atoms with Crippen molar-refractivity contribution in [2.45, 2.75) is 46.3 Å². The number of carbonyl (C=O) groups is 3. The minimum Gasteiger partial charge on any atom is -0.462 e. The van der Waals surface area contributed by atoms with Crippen molar-refractivity contribution >= 4 is 29.4 Å². The smallest absolute Gasteiger partial charge is 0.418 e. The topological polar surface area (TPSA) is 99.8 Å². The first-order valence-electron chi connectivity index (χ1n) is 12.2. The Balaban J connectivity index is 1.81. The van der Waals surface area contributed by atoms with Gasteiger partial charge in [0.15, 0.2) is 0 Å². The number of alkyl halides is 3. The average Bonchev–Trinajstić information content (AvgIpc) is 2.85. The molecule has 38 heavy (non-hydrogen) atoms. The van der Waals surface area contributed by atoms with E-state index < -0.39 is 29.8 Å². The predicted molar refractivity (Wildman–Crippen MR) is 137 cm³/mol. The van der Waals surface area contributed by atoms with Crippen LogP contribution in [0.15, 0.2) is 59.8 Å². The quantitative estimate of drug-likeness (QED) is 0.348. The number of carbonyl (C=O) groups excluding carboxylic acids is 3. The zero-order chi connectivity index (χ0) is 28.0. The van der Waals surface area contributed by atoms with Crippen LogP contribution < -0.4 is 16.0 Å². The van der Waals surface area contributed by atoms with Crippen molar-refractivity contribution < 1.29 is 32.3 Å². The second-order valence-corrected chi connectivity index (χ2v) is 9.27. The third kappa shape index (κ3) is 6.84. The lowest BCUT2D eigenvalue weighted by molar-refractivity contribution is -0.140. The van der Waals surface area contributed by atoms with E-state index in [2.05, 4.69) is 16.0 Å². The number of esters is 1. The number of urea groups is 2. The summed E-state index contributed by atoms with van der Waals surface area (Å²) >= 11 is 0. The molecule has 204 valence electrons. The molecule has 0 bridgehead atoms.